The molecule has 4 N–H and O–H groups in total. The van der Waals surface area contributed by atoms with Crippen LogP contribution in [0.2, 0.25) is 0 Å². The molecule has 2 fully saturated rings. The summed E-state index contributed by atoms with van der Waals surface area (Å²) in [5.41, 5.74) is 13.4. The van der Waals surface area contributed by atoms with Crippen molar-refractivity contribution in [2.75, 3.05) is 64.1 Å². The molecule has 1 spiro atoms. The number of rotatable bonds is 5. The van der Waals surface area contributed by atoms with Crippen molar-refractivity contribution < 1.29 is 4.39 Å². The van der Waals surface area contributed by atoms with Gasteiger partial charge in [-0.2, -0.15) is 0 Å². The molecule has 4 heterocycles. The average molecular weight is 523 g/mol. The first-order valence-electron chi connectivity index (χ1n) is 14.2. The van der Waals surface area contributed by atoms with Crippen molar-refractivity contribution in [3.8, 4) is 0 Å². The molecule has 0 radical (unpaired) electrons. The number of likely N-dealkylation sites (N-methyl/N-ethyl adjacent to an activating group) is 1. The SMILES string of the molecule is C=C(C1=CC=C(C2C=C(N3CCC4(CCCNC4)C3)c3cc(F)c(N(C)C)cc3N2)CN1C)C(C)N.CC. The van der Waals surface area contributed by atoms with E-state index in [0.717, 1.165) is 60.9 Å². The molecule has 3 atom stereocenters. The second-order valence-corrected chi connectivity index (χ2v) is 11.3. The van der Waals surface area contributed by atoms with Crippen molar-refractivity contribution in [2.45, 2.75) is 52.1 Å². The van der Waals surface area contributed by atoms with E-state index in [1.54, 1.807) is 6.07 Å². The van der Waals surface area contributed by atoms with Crippen LogP contribution in [0.1, 0.15) is 45.6 Å². The van der Waals surface area contributed by atoms with Gasteiger partial charge in [0.2, 0.25) is 0 Å². The van der Waals surface area contributed by atoms with Crippen molar-refractivity contribution in [1.29, 1.82) is 0 Å². The highest BCUT2D eigenvalue weighted by molar-refractivity contribution is 5.83. The number of nitrogens with zero attached hydrogens (tertiary/aromatic N) is 3. The molecule has 38 heavy (non-hydrogen) atoms. The van der Waals surface area contributed by atoms with Gasteiger partial charge in [-0.3, -0.25) is 0 Å². The Kier molecular flexibility index (Phi) is 8.58. The van der Waals surface area contributed by atoms with E-state index in [1.165, 1.54) is 24.8 Å². The maximum absolute atomic E-state index is 15.2. The molecule has 3 unspecified atom stereocenters. The van der Waals surface area contributed by atoms with Gasteiger partial charge >= 0.3 is 0 Å². The van der Waals surface area contributed by atoms with E-state index in [4.69, 9.17) is 5.73 Å². The van der Waals surface area contributed by atoms with Gasteiger partial charge < -0.3 is 31.1 Å². The maximum Gasteiger partial charge on any atom is 0.147 e. The predicted molar refractivity (Wildman–Crippen MR) is 160 cm³/mol. The molecule has 7 heteroatoms. The number of nitrogens with one attached hydrogen (secondary N) is 2. The van der Waals surface area contributed by atoms with Gasteiger partial charge in [-0.05, 0) is 68.2 Å². The summed E-state index contributed by atoms with van der Waals surface area (Å²) in [7, 11) is 5.87. The topological polar surface area (TPSA) is 59.8 Å². The molecule has 4 aliphatic heterocycles. The molecule has 1 aromatic rings. The van der Waals surface area contributed by atoms with E-state index in [0.29, 0.717) is 11.1 Å². The standard InChI is InChI=1S/C29H41FN6.C2H6/c1-19(20(2)31)26-8-7-21(16-35(26)5)24-14-27(36-12-10-29(18-36)9-6-11-32-17-29)22-13-23(30)28(34(3)4)15-25(22)33-24;1-2/h7-8,13-15,20,24,32-33H,1,6,9-12,16-18,31H2,2-5H3;1-2H3. The predicted octanol–water partition coefficient (Wildman–Crippen LogP) is 4.79. The lowest BCUT2D eigenvalue weighted by Gasteiger charge is -2.38. The molecule has 0 bridgehead atoms. The summed E-state index contributed by atoms with van der Waals surface area (Å²) < 4.78 is 15.2. The van der Waals surface area contributed by atoms with Crippen LogP contribution in [0, 0.1) is 11.2 Å². The first-order chi connectivity index (χ1) is 18.2. The molecular formula is C31H47FN6. The molecule has 4 aliphatic rings. The summed E-state index contributed by atoms with van der Waals surface area (Å²) in [6.07, 6.45) is 10.3. The van der Waals surface area contributed by atoms with Gasteiger partial charge in [0.15, 0.2) is 0 Å². The second kappa shape index (κ2) is 11.5. The van der Waals surface area contributed by atoms with Gasteiger partial charge in [0.1, 0.15) is 5.82 Å². The highest BCUT2D eigenvalue weighted by Gasteiger charge is 2.41. The number of allylic oxidation sites excluding steroid dienone is 2. The molecule has 1 aromatic carbocycles. The number of piperidine rings is 1. The van der Waals surface area contributed by atoms with Gasteiger partial charge in [-0.25, -0.2) is 4.39 Å². The first-order valence-corrected chi connectivity index (χ1v) is 14.2. The quantitative estimate of drug-likeness (QED) is 0.517. The third kappa shape index (κ3) is 5.50. The minimum absolute atomic E-state index is 0.0258. The average Bonchev–Trinajstić information content (AvgIpc) is 3.31. The zero-order valence-electron chi connectivity index (χ0n) is 24.2. The van der Waals surface area contributed by atoms with Gasteiger partial charge in [0.25, 0.3) is 0 Å². The molecule has 5 rings (SSSR count). The van der Waals surface area contributed by atoms with Crippen molar-refractivity contribution in [2.24, 2.45) is 11.1 Å². The maximum atomic E-state index is 15.2. The van der Waals surface area contributed by atoms with Crippen molar-refractivity contribution in [1.82, 2.24) is 15.1 Å². The molecule has 0 aromatic heterocycles. The lowest BCUT2D eigenvalue weighted by Crippen LogP contribution is -2.42. The molecular weight excluding hydrogens is 475 g/mol. The number of hydrogen-bond acceptors (Lipinski definition) is 6. The smallest absolute Gasteiger partial charge is 0.147 e. The fraction of sp³-hybridized carbons (Fsp3) is 0.548. The normalized spacial score (nSPS) is 25.4. The number of hydrogen-bond donors (Lipinski definition) is 3. The second-order valence-electron chi connectivity index (χ2n) is 11.3. The fourth-order valence-corrected chi connectivity index (χ4v) is 6.20. The van der Waals surface area contributed by atoms with E-state index in [1.807, 2.05) is 45.8 Å². The Balaban J connectivity index is 0.00000164. The minimum atomic E-state index is -0.184. The van der Waals surface area contributed by atoms with Crippen LogP contribution in [0.4, 0.5) is 15.8 Å². The van der Waals surface area contributed by atoms with Crippen molar-refractivity contribution >= 4 is 17.1 Å². The zero-order valence-corrected chi connectivity index (χ0v) is 24.2. The van der Waals surface area contributed by atoms with Gasteiger partial charge in [-0.1, -0.05) is 26.5 Å². The Morgan fingerprint density at radius 2 is 2.00 bits per heavy atom. The Morgan fingerprint density at radius 1 is 1.24 bits per heavy atom. The largest absolute Gasteiger partial charge is 0.375 e. The van der Waals surface area contributed by atoms with Gasteiger partial charge in [-0.15, -0.1) is 0 Å². The Hall–Kier alpha value is -2.77. The summed E-state index contributed by atoms with van der Waals surface area (Å²) in [6, 6.07) is 3.62. The van der Waals surface area contributed by atoms with Crippen LogP contribution >= 0.6 is 0 Å². The Bertz CT molecular complexity index is 1130. The van der Waals surface area contributed by atoms with Crippen LogP contribution in [0.5, 0.6) is 0 Å². The van der Waals surface area contributed by atoms with Crippen molar-refractivity contribution in [3.05, 3.63) is 65.2 Å². The lowest BCUT2D eigenvalue weighted by molar-refractivity contribution is 0.221. The summed E-state index contributed by atoms with van der Waals surface area (Å²) in [6.45, 7) is 15.2. The van der Waals surface area contributed by atoms with Gasteiger partial charge in [0, 0.05) is 81.4 Å². The molecule has 6 nitrogen and oxygen atoms in total. The van der Waals surface area contributed by atoms with E-state index in [9.17, 15) is 0 Å². The number of fused-ring (bicyclic) bond motifs is 1. The number of likely N-dealkylation sites (tertiary alicyclic amines) is 1. The Labute approximate surface area is 229 Å². The summed E-state index contributed by atoms with van der Waals surface area (Å²) in [5.74, 6) is -0.184. The summed E-state index contributed by atoms with van der Waals surface area (Å²) in [4.78, 5) is 6.56. The summed E-state index contributed by atoms with van der Waals surface area (Å²) in [5, 5.41) is 7.34. The van der Waals surface area contributed by atoms with E-state index in [-0.39, 0.29) is 17.9 Å². The number of nitrogens with two attached hydrogens (primary N) is 1. The molecule has 2 saturated heterocycles. The van der Waals surface area contributed by atoms with E-state index >= 15 is 4.39 Å². The summed E-state index contributed by atoms with van der Waals surface area (Å²) >= 11 is 0. The molecule has 0 saturated carbocycles. The van der Waals surface area contributed by atoms with E-state index < -0.39 is 0 Å². The molecule has 0 aliphatic carbocycles. The minimum Gasteiger partial charge on any atom is -0.375 e. The monoisotopic (exact) mass is 522 g/mol. The van der Waals surface area contributed by atoms with Crippen LogP contribution in [0.25, 0.3) is 5.70 Å². The molecule has 208 valence electrons. The van der Waals surface area contributed by atoms with Crippen LogP contribution in [0.3, 0.4) is 0 Å². The number of benzene rings is 1. The Morgan fingerprint density at radius 3 is 2.63 bits per heavy atom. The van der Waals surface area contributed by atoms with Crippen LogP contribution in [-0.2, 0) is 0 Å². The third-order valence-corrected chi connectivity index (χ3v) is 8.38. The fourth-order valence-electron chi connectivity index (χ4n) is 6.20. The molecule has 0 amide bonds. The van der Waals surface area contributed by atoms with Crippen molar-refractivity contribution in [3.63, 3.8) is 0 Å². The zero-order chi connectivity index (χ0) is 27.6. The highest BCUT2D eigenvalue weighted by Crippen LogP contribution is 2.44. The van der Waals surface area contributed by atoms with Crippen LogP contribution in [0.15, 0.2) is 53.8 Å². The first kappa shape index (κ1) is 28.2. The number of halogens is 1. The highest BCUT2D eigenvalue weighted by atomic mass is 19.1. The van der Waals surface area contributed by atoms with Crippen LogP contribution in [-0.4, -0.2) is 75.8 Å². The number of anilines is 2. The van der Waals surface area contributed by atoms with Crippen LogP contribution < -0.4 is 21.3 Å². The van der Waals surface area contributed by atoms with E-state index in [2.05, 4.69) is 52.3 Å². The lowest BCUT2D eigenvalue weighted by atomic mass is 9.80. The third-order valence-electron chi connectivity index (χ3n) is 8.38. The van der Waals surface area contributed by atoms with Gasteiger partial charge in [0.05, 0.1) is 11.7 Å².